The molecule has 2 aliphatic heterocycles. The molecule has 1 aromatic rings. The molecule has 1 atom stereocenters. The molecule has 0 radical (unpaired) electrons. The third-order valence-corrected chi connectivity index (χ3v) is 4.40. The van der Waals surface area contributed by atoms with Gasteiger partial charge >= 0.3 is 12.0 Å². The van der Waals surface area contributed by atoms with Crippen molar-refractivity contribution in [1.29, 1.82) is 0 Å². The van der Waals surface area contributed by atoms with Crippen LogP contribution in [0.15, 0.2) is 30.3 Å². The number of carbonyl (C=O) groups is 4. The summed E-state index contributed by atoms with van der Waals surface area (Å²) in [4.78, 5) is 51.8. The number of carbonyl (C=O) groups excluding carboxylic acids is 3. The van der Waals surface area contributed by atoms with Gasteiger partial charge in [0, 0.05) is 13.1 Å². The number of urea groups is 1. The number of piperazine rings is 1. The molecule has 138 valence electrons. The summed E-state index contributed by atoms with van der Waals surface area (Å²) >= 11 is 0. The minimum absolute atomic E-state index is 0.0884. The van der Waals surface area contributed by atoms with Crippen molar-refractivity contribution in [3.63, 3.8) is 0 Å². The predicted molar refractivity (Wildman–Crippen MR) is 87.9 cm³/mol. The van der Waals surface area contributed by atoms with Crippen molar-refractivity contribution in [3.05, 3.63) is 35.9 Å². The van der Waals surface area contributed by atoms with Gasteiger partial charge in [-0.2, -0.15) is 0 Å². The minimum Gasteiger partial charge on any atom is -0.480 e. The number of aliphatic carboxylic acids is 1. The summed E-state index contributed by atoms with van der Waals surface area (Å²) in [6.07, 6.45) is 0. The molecule has 26 heavy (non-hydrogen) atoms. The summed E-state index contributed by atoms with van der Waals surface area (Å²) in [6.45, 7) is -0.103. The maximum Gasteiger partial charge on any atom is 0.329 e. The van der Waals surface area contributed by atoms with E-state index in [9.17, 15) is 19.2 Å². The number of amides is 4. The fourth-order valence-electron chi connectivity index (χ4n) is 3.11. The van der Waals surface area contributed by atoms with Crippen molar-refractivity contribution < 1.29 is 29.0 Å². The quantitative estimate of drug-likeness (QED) is 0.701. The molecule has 2 aliphatic rings. The second kappa shape index (κ2) is 7.52. The van der Waals surface area contributed by atoms with Crippen LogP contribution in [-0.2, 0) is 25.7 Å². The summed E-state index contributed by atoms with van der Waals surface area (Å²) in [5.41, 5.74) is 0.851. The van der Waals surface area contributed by atoms with Gasteiger partial charge in [0.25, 0.3) is 5.91 Å². The second-order valence-corrected chi connectivity index (χ2v) is 6.13. The Morgan fingerprint density at radius 2 is 1.85 bits per heavy atom. The van der Waals surface area contributed by atoms with Gasteiger partial charge in [0.15, 0.2) is 0 Å². The zero-order valence-electron chi connectivity index (χ0n) is 14.0. The summed E-state index contributed by atoms with van der Waals surface area (Å²) < 4.78 is 4.80. The molecule has 4 amide bonds. The fraction of sp³-hybridized carbons (Fsp3) is 0.412. The third-order valence-electron chi connectivity index (χ3n) is 4.40. The lowest BCUT2D eigenvalue weighted by molar-refractivity contribution is -0.146. The zero-order valence-corrected chi connectivity index (χ0v) is 14.0. The van der Waals surface area contributed by atoms with Crippen molar-refractivity contribution >= 4 is 23.8 Å². The van der Waals surface area contributed by atoms with E-state index in [1.807, 2.05) is 30.3 Å². The van der Waals surface area contributed by atoms with E-state index in [1.165, 1.54) is 14.7 Å². The van der Waals surface area contributed by atoms with Crippen molar-refractivity contribution in [3.8, 4) is 0 Å². The molecule has 0 saturated carbocycles. The van der Waals surface area contributed by atoms with Gasteiger partial charge in [0.2, 0.25) is 5.91 Å². The molecule has 9 heteroatoms. The SMILES string of the molecule is O=C(O)COCC(=O)N1CCN2C(=O)N(Cc3ccccc3)C(=O)[C@H]2C1. The van der Waals surface area contributed by atoms with Gasteiger partial charge in [0.1, 0.15) is 19.3 Å². The van der Waals surface area contributed by atoms with Crippen LogP contribution < -0.4 is 0 Å². The van der Waals surface area contributed by atoms with E-state index in [2.05, 4.69) is 0 Å². The molecule has 0 spiro atoms. The van der Waals surface area contributed by atoms with Crippen LogP contribution in [0.25, 0.3) is 0 Å². The summed E-state index contributed by atoms with van der Waals surface area (Å²) in [5, 5.41) is 8.53. The Bertz CT molecular complexity index is 722. The van der Waals surface area contributed by atoms with Gasteiger partial charge in [-0.1, -0.05) is 30.3 Å². The summed E-state index contributed by atoms with van der Waals surface area (Å²) in [7, 11) is 0. The molecular formula is C17H19N3O6. The van der Waals surface area contributed by atoms with Gasteiger partial charge in [-0.3, -0.25) is 14.5 Å². The zero-order chi connectivity index (χ0) is 18.7. The van der Waals surface area contributed by atoms with E-state index in [4.69, 9.17) is 9.84 Å². The van der Waals surface area contributed by atoms with Crippen molar-refractivity contribution in [2.24, 2.45) is 0 Å². The molecule has 2 fully saturated rings. The average molecular weight is 361 g/mol. The van der Waals surface area contributed by atoms with Crippen LogP contribution in [0.4, 0.5) is 4.79 Å². The Hall–Kier alpha value is -2.94. The maximum absolute atomic E-state index is 12.6. The summed E-state index contributed by atoms with van der Waals surface area (Å²) in [5.74, 6) is -1.88. The van der Waals surface area contributed by atoms with E-state index in [-0.39, 0.29) is 44.7 Å². The number of nitrogens with zero attached hydrogens (tertiary/aromatic N) is 3. The van der Waals surface area contributed by atoms with Crippen LogP contribution >= 0.6 is 0 Å². The monoisotopic (exact) mass is 361 g/mol. The Balaban J connectivity index is 1.62. The highest BCUT2D eigenvalue weighted by Crippen LogP contribution is 2.24. The number of benzene rings is 1. The number of imide groups is 1. The van der Waals surface area contributed by atoms with Crippen molar-refractivity contribution in [1.82, 2.24) is 14.7 Å². The number of carboxylic acids is 1. The highest BCUT2D eigenvalue weighted by Gasteiger charge is 2.48. The van der Waals surface area contributed by atoms with E-state index >= 15 is 0 Å². The molecule has 2 heterocycles. The number of carboxylic acid groups (broad SMARTS) is 1. The number of rotatable bonds is 6. The topological polar surface area (TPSA) is 107 Å². The van der Waals surface area contributed by atoms with Crippen LogP contribution in [0.3, 0.4) is 0 Å². The second-order valence-electron chi connectivity index (χ2n) is 6.13. The van der Waals surface area contributed by atoms with Gasteiger partial charge in [-0.25, -0.2) is 9.59 Å². The molecule has 9 nitrogen and oxygen atoms in total. The first-order valence-electron chi connectivity index (χ1n) is 8.20. The molecule has 0 aliphatic carbocycles. The first-order valence-corrected chi connectivity index (χ1v) is 8.20. The Morgan fingerprint density at radius 1 is 1.12 bits per heavy atom. The fourth-order valence-corrected chi connectivity index (χ4v) is 3.11. The Labute approximate surface area is 149 Å². The summed E-state index contributed by atoms with van der Waals surface area (Å²) in [6, 6.07) is 8.16. The Morgan fingerprint density at radius 3 is 2.54 bits per heavy atom. The molecule has 3 rings (SSSR count). The van der Waals surface area contributed by atoms with Gasteiger partial charge < -0.3 is 19.6 Å². The third kappa shape index (κ3) is 3.67. The van der Waals surface area contributed by atoms with Crippen LogP contribution in [-0.4, -0.2) is 82.5 Å². The maximum atomic E-state index is 12.6. The molecule has 0 aromatic heterocycles. The van der Waals surface area contributed by atoms with Crippen molar-refractivity contribution in [2.45, 2.75) is 12.6 Å². The van der Waals surface area contributed by atoms with E-state index < -0.39 is 24.5 Å². The predicted octanol–water partition coefficient (Wildman–Crippen LogP) is -0.237. The standard InChI is InChI=1S/C17H19N3O6/c21-14(10-26-11-15(22)23)18-6-7-19-13(9-18)16(24)20(17(19)25)8-12-4-2-1-3-5-12/h1-5,13H,6-11H2,(H,22,23)/t13-/m1/s1. The lowest BCUT2D eigenvalue weighted by Crippen LogP contribution is -2.55. The lowest BCUT2D eigenvalue weighted by Gasteiger charge is -2.35. The van der Waals surface area contributed by atoms with Crippen LogP contribution in [0.5, 0.6) is 0 Å². The largest absolute Gasteiger partial charge is 0.480 e. The van der Waals surface area contributed by atoms with Gasteiger partial charge in [0.05, 0.1) is 13.1 Å². The molecule has 1 aromatic carbocycles. The van der Waals surface area contributed by atoms with E-state index in [1.54, 1.807) is 0 Å². The van der Waals surface area contributed by atoms with Crippen LogP contribution in [0, 0.1) is 0 Å². The lowest BCUT2D eigenvalue weighted by atomic mass is 10.1. The number of hydrogen-bond acceptors (Lipinski definition) is 5. The normalized spacial score (nSPS) is 19.7. The first kappa shape index (κ1) is 17.9. The number of ether oxygens (including phenoxy) is 1. The molecule has 0 unspecified atom stereocenters. The minimum atomic E-state index is -1.16. The molecule has 1 N–H and O–H groups in total. The highest BCUT2D eigenvalue weighted by molar-refractivity contribution is 6.04. The number of fused-ring (bicyclic) bond motifs is 1. The van der Waals surface area contributed by atoms with Crippen molar-refractivity contribution in [2.75, 3.05) is 32.8 Å². The van der Waals surface area contributed by atoms with E-state index in [0.29, 0.717) is 0 Å². The van der Waals surface area contributed by atoms with Crippen LogP contribution in [0.1, 0.15) is 5.56 Å². The van der Waals surface area contributed by atoms with E-state index in [0.717, 1.165) is 5.56 Å². The molecule has 2 saturated heterocycles. The first-order chi connectivity index (χ1) is 12.5. The molecular weight excluding hydrogens is 342 g/mol. The average Bonchev–Trinajstić information content (AvgIpc) is 2.87. The Kier molecular flexibility index (Phi) is 5.17. The van der Waals surface area contributed by atoms with Crippen LogP contribution in [0.2, 0.25) is 0 Å². The van der Waals surface area contributed by atoms with Gasteiger partial charge in [-0.05, 0) is 5.56 Å². The highest BCUT2D eigenvalue weighted by atomic mass is 16.5. The smallest absolute Gasteiger partial charge is 0.329 e. The van der Waals surface area contributed by atoms with Gasteiger partial charge in [-0.15, -0.1) is 0 Å². The molecule has 0 bridgehead atoms. The number of hydrogen-bond donors (Lipinski definition) is 1.